The molecule has 1 aliphatic heterocycles. The maximum absolute atomic E-state index is 9.14. The Morgan fingerprint density at radius 1 is 1.28 bits per heavy atom. The SMILES string of the molecule is CO[C@@H](C)[C@@H](C)[C@@H]1OC(C)(C)O[C@@H](CCO)[C@H]1C. The van der Waals surface area contributed by atoms with Crippen LogP contribution in [-0.4, -0.2) is 42.9 Å². The number of hydrogen-bond donors (Lipinski definition) is 1. The molecule has 1 N–H and O–H groups in total. The van der Waals surface area contributed by atoms with Gasteiger partial charge >= 0.3 is 0 Å². The van der Waals surface area contributed by atoms with Crippen molar-refractivity contribution in [3.05, 3.63) is 0 Å². The van der Waals surface area contributed by atoms with Gasteiger partial charge in [0.25, 0.3) is 0 Å². The van der Waals surface area contributed by atoms with Crippen LogP contribution in [0.1, 0.15) is 41.0 Å². The van der Waals surface area contributed by atoms with E-state index in [1.165, 1.54) is 0 Å². The number of aliphatic hydroxyl groups is 1. The van der Waals surface area contributed by atoms with Crippen LogP contribution in [-0.2, 0) is 14.2 Å². The number of rotatable bonds is 5. The lowest BCUT2D eigenvalue weighted by atomic mass is 9.84. The van der Waals surface area contributed by atoms with E-state index in [1.54, 1.807) is 7.11 Å². The fourth-order valence-electron chi connectivity index (χ4n) is 2.66. The Morgan fingerprint density at radius 3 is 2.39 bits per heavy atom. The summed E-state index contributed by atoms with van der Waals surface area (Å²) < 4.78 is 17.4. The molecule has 18 heavy (non-hydrogen) atoms. The van der Waals surface area contributed by atoms with E-state index >= 15 is 0 Å². The molecule has 0 aromatic rings. The molecule has 0 spiro atoms. The molecule has 0 aromatic carbocycles. The van der Waals surface area contributed by atoms with Gasteiger partial charge in [-0.1, -0.05) is 13.8 Å². The Hall–Kier alpha value is -0.160. The lowest BCUT2D eigenvalue weighted by molar-refractivity contribution is -0.331. The molecule has 0 amide bonds. The minimum atomic E-state index is -0.598. The maximum Gasteiger partial charge on any atom is 0.163 e. The third kappa shape index (κ3) is 3.67. The second-order valence-corrected chi connectivity index (χ2v) is 5.81. The molecule has 1 saturated heterocycles. The molecular weight excluding hydrogens is 232 g/mol. The van der Waals surface area contributed by atoms with Crippen molar-refractivity contribution in [1.82, 2.24) is 0 Å². The first-order valence-electron chi connectivity index (χ1n) is 6.81. The summed E-state index contributed by atoms with van der Waals surface area (Å²) in [6.07, 6.45) is 0.912. The van der Waals surface area contributed by atoms with Crippen LogP contribution < -0.4 is 0 Å². The zero-order valence-electron chi connectivity index (χ0n) is 12.5. The lowest BCUT2D eigenvalue weighted by Gasteiger charge is -2.47. The largest absolute Gasteiger partial charge is 0.396 e. The van der Waals surface area contributed by atoms with Gasteiger partial charge in [0.2, 0.25) is 0 Å². The van der Waals surface area contributed by atoms with Gasteiger partial charge in [-0.3, -0.25) is 0 Å². The van der Waals surface area contributed by atoms with Crippen molar-refractivity contribution in [2.24, 2.45) is 11.8 Å². The standard InChI is InChI=1S/C14H28O4/c1-9(11(3)16-6)13-10(2)12(7-8-15)17-14(4,5)18-13/h9-13,15H,7-8H2,1-6H3/t9-,10-,11+,12+,13+/m1/s1. The van der Waals surface area contributed by atoms with Crippen molar-refractivity contribution in [2.45, 2.75) is 65.1 Å². The summed E-state index contributed by atoms with van der Waals surface area (Å²) in [5.41, 5.74) is 0. The van der Waals surface area contributed by atoms with Crippen molar-refractivity contribution in [2.75, 3.05) is 13.7 Å². The molecule has 4 heteroatoms. The van der Waals surface area contributed by atoms with Gasteiger partial charge in [0.1, 0.15) is 0 Å². The lowest BCUT2D eigenvalue weighted by Crippen LogP contribution is -2.53. The average molecular weight is 260 g/mol. The van der Waals surface area contributed by atoms with Crippen LogP contribution in [0.4, 0.5) is 0 Å². The molecule has 1 fully saturated rings. The van der Waals surface area contributed by atoms with Crippen LogP contribution in [0.15, 0.2) is 0 Å². The Balaban J connectivity index is 2.81. The summed E-state index contributed by atoms with van der Waals surface area (Å²) in [5, 5.41) is 9.14. The fraction of sp³-hybridized carbons (Fsp3) is 1.00. The predicted molar refractivity (Wildman–Crippen MR) is 70.3 cm³/mol. The molecule has 108 valence electrons. The smallest absolute Gasteiger partial charge is 0.163 e. The van der Waals surface area contributed by atoms with Gasteiger partial charge in [0, 0.05) is 25.6 Å². The van der Waals surface area contributed by atoms with Crippen LogP contribution >= 0.6 is 0 Å². The van der Waals surface area contributed by atoms with E-state index in [0.717, 1.165) is 0 Å². The van der Waals surface area contributed by atoms with E-state index in [-0.39, 0.29) is 36.8 Å². The normalized spacial score (nSPS) is 35.2. The third-order valence-electron chi connectivity index (χ3n) is 4.00. The molecule has 4 nitrogen and oxygen atoms in total. The highest BCUT2D eigenvalue weighted by Crippen LogP contribution is 2.36. The highest BCUT2D eigenvalue weighted by molar-refractivity contribution is 4.87. The molecule has 1 rings (SSSR count). The zero-order chi connectivity index (χ0) is 13.9. The Bertz CT molecular complexity index is 254. The van der Waals surface area contributed by atoms with Crippen molar-refractivity contribution < 1.29 is 19.3 Å². The van der Waals surface area contributed by atoms with Crippen molar-refractivity contribution in [1.29, 1.82) is 0 Å². The Kier molecular flexibility index (Phi) is 5.59. The van der Waals surface area contributed by atoms with E-state index < -0.39 is 5.79 Å². The quantitative estimate of drug-likeness (QED) is 0.823. The Labute approximate surface area is 111 Å². The number of ether oxygens (including phenoxy) is 3. The van der Waals surface area contributed by atoms with Gasteiger partial charge in [0.15, 0.2) is 5.79 Å². The average Bonchev–Trinajstić information content (AvgIpc) is 2.31. The minimum Gasteiger partial charge on any atom is -0.396 e. The predicted octanol–water partition coefficient (Wildman–Crippen LogP) is 2.20. The topological polar surface area (TPSA) is 47.9 Å². The second kappa shape index (κ2) is 6.33. The molecule has 0 bridgehead atoms. The fourth-order valence-corrected chi connectivity index (χ4v) is 2.66. The van der Waals surface area contributed by atoms with Gasteiger partial charge < -0.3 is 19.3 Å². The molecule has 0 aromatic heterocycles. The molecule has 0 radical (unpaired) electrons. The molecular formula is C14H28O4. The van der Waals surface area contributed by atoms with Crippen LogP contribution in [0.2, 0.25) is 0 Å². The highest BCUT2D eigenvalue weighted by atomic mass is 16.7. The van der Waals surface area contributed by atoms with E-state index in [4.69, 9.17) is 19.3 Å². The monoisotopic (exact) mass is 260 g/mol. The minimum absolute atomic E-state index is 0.0373. The highest BCUT2D eigenvalue weighted by Gasteiger charge is 2.43. The first-order chi connectivity index (χ1) is 8.32. The number of hydrogen-bond acceptors (Lipinski definition) is 4. The van der Waals surface area contributed by atoms with Crippen LogP contribution in [0.5, 0.6) is 0 Å². The number of aliphatic hydroxyl groups excluding tert-OH is 1. The molecule has 0 saturated carbocycles. The van der Waals surface area contributed by atoms with Crippen LogP contribution in [0.3, 0.4) is 0 Å². The maximum atomic E-state index is 9.14. The molecule has 5 atom stereocenters. The summed E-state index contributed by atoms with van der Waals surface area (Å²) in [6, 6.07) is 0. The summed E-state index contributed by atoms with van der Waals surface area (Å²) in [7, 11) is 1.72. The third-order valence-corrected chi connectivity index (χ3v) is 4.00. The van der Waals surface area contributed by atoms with E-state index in [2.05, 4.69) is 20.8 Å². The summed E-state index contributed by atoms with van der Waals surface area (Å²) >= 11 is 0. The van der Waals surface area contributed by atoms with E-state index in [9.17, 15) is 0 Å². The molecule has 0 aliphatic carbocycles. The van der Waals surface area contributed by atoms with Gasteiger partial charge in [-0.25, -0.2) is 0 Å². The summed E-state index contributed by atoms with van der Waals surface area (Å²) in [4.78, 5) is 0. The van der Waals surface area contributed by atoms with Crippen LogP contribution in [0.25, 0.3) is 0 Å². The van der Waals surface area contributed by atoms with Gasteiger partial charge in [0.05, 0.1) is 18.3 Å². The Morgan fingerprint density at radius 2 is 1.89 bits per heavy atom. The van der Waals surface area contributed by atoms with E-state index in [1.807, 2.05) is 13.8 Å². The van der Waals surface area contributed by atoms with Crippen LogP contribution in [0, 0.1) is 11.8 Å². The zero-order valence-corrected chi connectivity index (χ0v) is 12.5. The first kappa shape index (κ1) is 15.9. The summed E-state index contributed by atoms with van der Waals surface area (Å²) in [5.74, 6) is -0.0641. The van der Waals surface area contributed by atoms with Gasteiger partial charge in [-0.15, -0.1) is 0 Å². The molecule has 1 aliphatic rings. The van der Waals surface area contributed by atoms with Gasteiger partial charge in [-0.05, 0) is 27.2 Å². The first-order valence-corrected chi connectivity index (χ1v) is 6.81. The number of methoxy groups -OCH3 is 1. The van der Waals surface area contributed by atoms with Crippen molar-refractivity contribution >= 4 is 0 Å². The van der Waals surface area contributed by atoms with E-state index in [0.29, 0.717) is 6.42 Å². The summed E-state index contributed by atoms with van der Waals surface area (Å²) in [6.45, 7) is 10.3. The van der Waals surface area contributed by atoms with Crippen molar-refractivity contribution in [3.63, 3.8) is 0 Å². The van der Waals surface area contributed by atoms with Gasteiger partial charge in [-0.2, -0.15) is 0 Å². The molecule has 0 unspecified atom stereocenters. The molecule has 1 heterocycles. The second-order valence-electron chi connectivity index (χ2n) is 5.81. The van der Waals surface area contributed by atoms with Crippen molar-refractivity contribution in [3.8, 4) is 0 Å².